The van der Waals surface area contributed by atoms with Gasteiger partial charge in [-0.15, -0.1) is 0 Å². The predicted molar refractivity (Wildman–Crippen MR) is 147 cm³/mol. The van der Waals surface area contributed by atoms with E-state index in [1.54, 1.807) is 49.8 Å². The Balaban J connectivity index is 1.87. The molecule has 0 unspecified atom stereocenters. The van der Waals surface area contributed by atoms with E-state index in [1.165, 1.54) is 11.3 Å². The summed E-state index contributed by atoms with van der Waals surface area (Å²) in [4.78, 5) is 32.0. The van der Waals surface area contributed by atoms with Crippen LogP contribution in [-0.4, -0.2) is 37.5 Å². The van der Waals surface area contributed by atoms with E-state index in [9.17, 15) is 9.59 Å². The Labute approximate surface area is 224 Å². The fourth-order valence-corrected chi connectivity index (χ4v) is 5.25. The molecule has 0 fully saturated rings. The Morgan fingerprint density at radius 2 is 1.87 bits per heavy atom. The van der Waals surface area contributed by atoms with E-state index in [0.29, 0.717) is 56.6 Å². The van der Waals surface area contributed by atoms with Gasteiger partial charge in [-0.05, 0) is 62.2 Å². The molecular weight excluding hydrogens is 504 g/mol. The molecule has 1 aliphatic rings. The van der Waals surface area contributed by atoms with Gasteiger partial charge in [0.1, 0.15) is 12.4 Å². The zero-order valence-electron chi connectivity index (χ0n) is 21.9. The average Bonchev–Trinajstić information content (AvgIpc) is 3.21. The average molecular weight is 535 g/mol. The molecular formula is C29H30N2O6S. The highest BCUT2D eigenvalue weighted by Crippen LogP contribution is 2.36. The Kier molecular flexibility index (Phi) is 8.48. The van der Waals surface area contributed by atoms with Crippen LogP contribution in [0.3, 0.4) is 0 Å². The molecule has 38 heavy (non-hydrogen) atoms. The van der Waals surface area contributed by atoms with Gasteiger partial charge >= 0.3 is 5.97 Å². The van der Waals surface area contributed by atoms with E-state index in [1.807, 2.05) is 37.3 Å². The zero-order chi connectivity index (χ0) is 27.2. The number of ether oxygens (including phenoxy) is 4. The lowest BCUT2D eigenvalue weighted by Crippen LogP contribution is -2.40. The van der Waals surface area contributed by atoms with Crippen molar-refractivity contribution in [1.29, 1.82) is 0 Å². The minimum atomic E-state index is -0.743. The summed E-state index contributed by atoms with van der Waals surface area (Å²) >= 11 is 1.27. The third kappa shape index (κ3) is 5.43. The largest absolute Gasteiger partial charge is 0.493 e. The van der Waals surface area contributed by atoms with Gasteiger partial charge < -0.3 is 18.9 Å². The van der Waals surface area contributed by atoms with Gasteiger partial charge in [-0.2, -0.15) is 0 Å². The Morgan fingerprint density at radius 1 is 1.11 bits per heavy atom. The van der Waals surface area contributed by atoms with Crippen LogP contribution in [0.2, 0.25) is 0 Å². The number of carbonyl (C=O) groups is 1. The third-order valence-corrected chi connectivity index (χ3v) is 6.85. The van der Waals surface area contributed by atoms with Gasteiger partial charge in [0.15, 0.2) is 16.3 Å². The Hall–Kier alpha value is -4.11. The van der Waals surface area contributed by atoms with Gasteiger partial charge in [0, 0.05) is 0 Å². The Morgan fingerprint density at radius 3 is 2.53 bits per heavy atom. The van der Waals surface area contributed by atoms with Crippen molar-refractivity contribution in [3.8, 4) is 17.2 Å². The summed E-state index contributed by atoms with van der Waals surface area (Å²) < 4.78 is 24.2. The SMILES string of the molecule is C=CCOc1ccc(/C=c2\sc3n(c2=O)[C@H](c2ccc(OC)c(OCC)c2)C(C(=O)OCC)=C(C)N=3)cc1. The number of thiazole rings is 1. The third-order valence-electron chi connectivity index (χ3n) is 5.87. The van der Waals surface area contributed by atoms with Gasteiger partial charge in [0.2, 0.25) is 0 Å². The topological polar surface area (TPSA) is 88.3 Å². The van der Waals surface area contributed by atoms with E-state index in [4.69, 9.17) is 18.9 Å². The molecule has 9 heteroatoms. The van der Waals surface area contributed by atoms with Crippen LogP contribution in [0.4, 0.5) is 0 Å². The zero-order valence-corrected chi connectivity index (χ0v) is 22.7. The number of aromatic nitrogens is 1. The van der Waals surface area contributed by atoms with Crippen LogP contribution >= 0.6 is 11.3 Å². The summed E-state index contributed by atoms with van der Waals surface area (Å²) in [6, 6.07) is 12.1. The second-order valence-electron chi connectivity index (χ2n) is 8.31. The highest BCUT2D eigenvalue weighted by molar-refractivity contribution is 7.07. The number of hydrogen-bond acceptors (Lipinski definition) is 8. The quantitative estimate of drug-likeness (QED) is 0.291. The van der Waals surface area contributed by atoms with Crippen molar-refractivity contribution in [2.24, 2.45) is 4.99 Å². The molecule has 0 amide bonds. The maximum absolute atomic E-state index is 13.8. The fourth-order valence-electron chi connectivity index (χ4n) is 4.21. The van der Waals surface area contributed by atoms with Crippen LogP contribution in [0.1, 0.15) is 37.9 Å². The smallest absolute Gasteiger partial charge is 0.338 e. The lowest BCUT2D eigenvalue weighted by atomic mass is 9.95. The van der Waals surface area contributed by atoms with Crippen LogP contribution in [-0.2, 0) is 9.53 Å². The number of carbonyl (C=O) groups excluding carboxylic acids is 1. The maximum atomic E-state index is 13.8. The van der Waals surface area contributed by atoms with E-state index in [2.05, 4.69) is 11.6 Å². The van der Waals surface area contributed by atoms with Crippen LogP contribution in [0.5, 0.6) is 17.2 Å². The summed E-state index contributed by atoms with van der Waals surface area (Å²) in [6.07, 6.45) is 3.49. The van der Waals surface area contributed by atoms with Crippen LogP contribution in [0.25, 0.3) is 6.08 Å². The van der Waals surface area contributed by atoms with Gasteiger partial charge in [-0.3, -0.25) is 9.36 Å². The number of fused-ring (bicyclic) bond motifs is 1. The molecule has 1 aliphatic heterocycles. The molecule has 0 radical (unpaired) electrons. The molecule has 8 nitrogen and oxygen atoms in total. The number of hydrogen-bond donors (Lipinski definition) is 0. The molecule has 1 atom stereocenters. The van der Waals surface area contributed by atoms with E-state index in [0.717, 1.165) is 5.56 Å². The highest BCUT2D eigenvalue weighted by atomic mass is 32.1. The number of esters is 1. The minimum absolute atomic E-state index is 0.200. The summed E-state index contributed by atoms with van der Waals surface area (Å²) in [6.45, 7) is 10.1. The molecule has 0 saturated carbocycles. The lowest BCUT2D eigenvalue weighted by molar-refractivity contribution is -0.139. The molecule has 2 aromatic carbocycles. The number of methoxy groups -OCH3 is 1. The molecule has 0 saturated heterocycles. The molecule has 0 spiro atoms. The molecule has 0 aliphatic carbocycles. The van der Waals surface area contributed by atoms with Crippen LogP contribution in [0, 0.1) is 0 Å². The number of rotatable bonds is 10. The first kappa shape index (κ1) is 26.9. The maximum Gasteiger partial charge on any atom is 0.338 e. The van der Waals surface area contributed by atoms with Crippen molar-refractivity contribution in [1.82, 2.24) is 4.57 Å². The molecule has 2 heterocycles. The van der Waals surface area contributed by atoms with Crippen molar-refractivity contribution in [2.75, 3.05) is 26.9 Å². The standard InChI is InChI=1S/C29H30N2O6S/c1-6-15-37-21-12-9-19(10-13-21)16-24-27(32)31-26(20-11-14-22(34-5)23(17-20)35-7-2)25(28(33)36-8-3)18(4)30-29(31)38-24/h6,9-14,16-17,26H,1,7-8,15H2,2-5H3/b24-16-/t26-/m1/s1. The van der Waals surface area contributed by atoms with Crippen molar-refractivity contribution in [2.45, 2.75) is 26.8 Å². The molecule has 1 aromatic heterocycles. The minimum Gasteiger partial charge on any atom is -0.493 e. The Bertz CT molecular complexity index is 1550. The normalized spacial score (nSPS) is 14.9. The van der Waals surface area contributed by atoms with Gasteiger partial charge in [-0.1, -0.05) is 42.2 Å². The first-order chi connectivity index (χ1) is 18.4. The molecule has 0 bridgehead atoms. The molecule has 3 aromatic rings. The number of benzene rings is 2. The molecule has 0 N–H and O–H groups in total. The van der Waals surface area contributed by atoms with Crippen molar-refractivity contribution in [3.05, 3.63) is 97.2 Å². The highest BCUT2D eigenvalue weighted by Gasteiger charge is 2.34. The van der Waals surface area contributed by atoms with Crippen LogP contribution in [0.15, 0.2) is 76.2 Å². The molecule has 4 rings (SSSR count). The van der Waals surface area contributed by atoms with Crippen molar-refractivity contribution in [3.63, 3.8) is 0 Å². The van der Waals surface area contributed by atoms with Crippen molar-refractivity contribution < 1.29 is 23.7 Å². The second kappa shape index (κ2) is 12.0. The van der Waals surface area contributed by atoms with E-state index < -0.39 is 12.0 Å². The summed E-state index contributed by atoms with van der Waals surface area (Å²) in [5, 5.41) is 0. The summed E-state index contributed by atoms with van der Waals surface area (Å²) in [7, 11) is 1.56. The first-order valence-corrected chi connectivity index (χ1v) is 13.1. The van der Waals surface area contributed by atoms with Crippen LogP contribution < -0.4 is 29.1 Å². The van der Waals surface area contributed by atoms with Gasteiger partial charge in [-0.25, -0.2) is 9.79 Å². The van der Waals surface area contributed by atoms with Gasteiger partial charge in [0.05, 0.1) is 42.2 Å². The predicted octanol–water partition coefficient (Wildman–Crippen LogP) is 3.77. The second-order valence-corrected chi connectivity index (χ2v) is 9.32. The molecule has 198 valence electrons. The monoisotopic (exact) mass is 534 g/mol. The summed E-state index contributed by atoms with van der Waals surface area (Å²) in [5.41, 5.74) is 2.07. The summed E-state index contributed by atoms with van der Waals surface area (Å²) in [5.74, 6) is 1.27. The van der Waals surface area contributed by atoms with Gasteiger partial charge in [0.25, 0.3) is 5.56 Å². The fraction of sp³-hybridized carbons (Fsp3) is 0.276. The number of nitrogens with zero attached hydrogens (tertiary/aromatic N) is 2. The first-order valence-electron chi connectivity index (χ1n) is 12.3. The lowest BCUT2D eigenvalue weighted by Gasteiger charge is -2.25. The van der Waals surface area contributed by atoms with Crippen molar-refractivity contribution >= 4 is 23.4 Å². The number of allylic oxidation sites excluding steroid dienone is 1. The van der Waals surface area contributed by atoms with E-state index in [-0.39, 0.29) is 12.2 Å². The van der Waals surface area contributed by atoms with E-state index >= 15 is 0 Å².